The van der Waals surface area contributed by atoms with Gasteiger partial charge in [0.25, 0.3) is 0 Å². The molecule has 4 heterocycles. The van der Waals surface area contributed by atoms with E-state index in [1.54, 1.807) is 10.7 Å². The molecule has 5 rings (SSSR count). The standard InChI is InChI=1S/C19H15N7/c1-11-10-20-12(2)19-24-18(25-26(11)19)15-9-8-14-17(22-15)23-16(21-14)13-6-4-3-5-7-13/h3-10H,1-2H3,(H,21,22,23). The zero-order valence-electron chi connectivity index (χ0n) is 14.3. The molecule has 0 amide bonds. The third-order valence-corrected chi connectivity index (χ3v) is 4.33. The van der Waals surface area contributed by atoms with E-state index < -0.39 is 0 Å². The number of hydrogen-bond acceptors (Lipinski definition) is 5. The van der Waals surface area contributed by atoms with Crippen LogP contribution in [0.3, 0.4) is 0 Å². The minimum Gasteiger partial charge on any atom is -0.337 e. The van der Waals surface area contributed by atoms with E-state index >= 15 is 0 Å². The van der Waals surface area contributed by atoms with Crippen molar-refractivity contribution in [2.75, 3.05) is 0 Å². The Balaban J connectivity index is 1.64. The summed E-state index contributed by atoms with van der Waals surface area (Å²) >= 11 is 0. The van der Waals surface area contributed by atoms with E-state index in [4.69, 9.17) is 0 Å². The van der Waals surface area contributed by atoms with E-state index in [2.05, 4.69) is 30.0 Å². The van der Waals surface area contributed by atoms with Crippen molar-refractivity contribution in [1.29, 1.82) is 0 Å². The maximum Gasteiger partial charge on any atom is 0.200 e. The predicted molar refractivity (Wildman–Crippen MR) is 98.6 cm³/mol. The first-order valence-electron chi connectivity index (χ1n) is 8.30. The molecule has 1 N–H and O–H groups in total. The Hall–Kier alpha value is -3.61. The molecule has 5 aromatic rings. The second-order valence-corrected chi connectivity index (χ2v) is 6.17. The van der Waals surface area contributed by atoms with Crippen molar-refractivity contribution < 1.29 is 0 Å². The van der Waals surface area contributed by atoms with Gasteiger partial charge >= 0.3 is 0 Å². The van der Waals surface area contributed by atoms with Crippen molar-refractivity contribution in [2.45, 2.75) is 13.8 Å². The minimum atomic E-state index is 0.565. The summed E-state index contributed by atoms with van der Waals surface area (Å²) in [4.78, 5) is 21.5. The van der Waals surface area contributed by atoms with Gasteiger partial charge in [0.05, 0.1) is 16.9 Å². The van der Waals surface area contributed by atoms with Crippen LogP contribution in [-0.4, -0.2) is 34.5 Å². The molecule has 7 nitrogen and oxygen atoms in total. The molecule has 0 unspecified atom stereocenters. The number of nitrogens with zero attached hydrogens (tertiary/aromatic N) is 6. The van der Waals surface area contributed by atoms with Crippen LogP contribution >= 0.6 is 0 Å². The van der Waals surface area contributed by atoms with Crippen molar-refractivity contribution in [3.8, 4) is 22.9 Å². The van der Waals surface area contributed by atoms with Gasteiger partial charge in [-0.05, 0) is 26.0 Å². The van der Waals surface area contributed by atoms with Crippen LogP contribution in [0, 0.1) is 13.8 Å². The van der Waals surface area contributed by atoms with Gasteiger partial charge in [0, 0.05) is 11.8 Å². The monoisotopic (exact) mass is 341 g/mol. The van der Waals surface area contributed by atoms with Crippen molar-refractivity contribution >= 4 is 16.8 Å². The van der Waals surface area contributed by atoms with Crippen LogP contribution in [0.5, 0.6) is 0 Å². The molecule has 7 heteroatoms. The van der Waals surface area contributed by atoms with E-state index in [1.165, 1.54) is 0 Å². The van der Waals surface area contributed by atoms with Crippen molar-refractivity contribution in [1.82, 2.24) is 34.5 Å². The molecule has 0 atom stereocenters. The van der Waals surface area contributed by atoms with E-state index in [0.717, 1.165) is 33.9 Å². The molecule has 126 valence electrons. The van der Waals surface area contributed by atoms with Gasteiger partial charge in [-0.15, -0.1) is 5.10 Å². The summed E-state index contributed by atoms with van der Waals surface area (Å²) in [6.45, 7) is 3.87. The number of aromatic nitrogens is 7. The van der Waals surface area contributed by atoms with Crippen molar-refractivity contribution in [2.24, 2.45) is 0 Å². The molecule has 0 radical (unpaired) electrons. The Morgan fingerprint density at radius 3 is 2.58 bits per heavy atom. The zero-order chi connectivity index (χ0) is 17.7. The van der Waals surface area contributed by atoms with Crippen LogP contribution in [0.1, 0.15) is 11.4 Å². The Labute approximate surface area is 148 Å². The fraction of sp³-hybridized carbons (Fsp3) is 0.105. The number of hydrogen-bond donors (Lipinski definition) is 1. The van der Waals surface area contributed by atoms with Gasteiger partial charge in [-0.25, -0.2) is 19.5 Å². The minimum absolute atomic E-state index is 0.565. The molecule has 1 aromatic carbocycles. The molecule has 0 bridgehead atoms. The second-order valence-electron chi connectivity index (χ2n) is 6.17. The van der Waals surface area contributed by atoms with Gasteiger partial charge in [-0.2, -0.15) is 0 Å². The summed E-state index contributed by atoms with van der Waals surface area (Å²) in [5.74, 6) is 1.36. The first-order chi connectivity index (χ1) is 12.7. The largest absolute Gasteiger partial charge is 0.337 e. The lowest BCUT2D eigenvalue weighted by Crippen LogP contribution is -1.97. The van der Waals surface area contributed by atoms with Gasteiger partial charge in [-0.3, -0.25) is 4.98 Å². The van der Waals surface area contributed by atoms with Crippen LogP contribution in [0.4, 0.5) is 0 Å². The van der Waals surface area contributed by atoms with Crippen LogP contribution < -0.4 is 0 Å². The smallest absolute Gasteiger partial charge is 0.200 e. The lowest BCUT2D eigenvalue weighted by Gasteiger charge is -1.97. The van der Waals surface area contributed by atoms with E-state index in [1.807, 2.05) is 56.3 Å². The highest BCUT2D eigenvalue weighted by Gasteiger charge is 2.13. The number of aromatic amines is 1. The number of rotatable bonds is 2. The zero-order valence-corrected chi connectivity index (χ0v) is 14.3. The van der Waals surface area contributed by atoms with Crippen LogP contribution in [0.25, 0.3) is 39.7 Å². The molecule has 0 spiro atoms. The number of benzene rings is 1. The molecule has 0 aliphatic heterocycles. The summed E-state index contributed by atoms with van der Waals surface area (Å²) in [6.07, 6.45) is 1.79. The summed E-state index contributed by atoms with van der Waals surface area (Å²) < 4.78 is 1.80. The Morgan fingerprint density at radius 2 is 1.77 bits per heavy atom. The van der Waals surface area contributed by atoms with Gasteiger partial charge in [0.1, 0.15) is 11.5 Å². The molecular formula is C19H15N7. The predicted octanol–water partition coefficient (Wildman–Crippen LogP) is 3.35. The summed E-state index contributed by atoms with van der Waals surface area (Å²) in [5, 5.41) is 4.58. The van der Waals surface area contributed by atoms with Crippen molar-refractivity contribution in [3.05, 3.63) is 60.0 Å². The highest BCUT2D eigenvalue weighted by Crippen LogP contribution is 2.22. The molecule has 0 aliphatic rings. The van der Waals surface area contributed by atoms with E-state index in [-0.39, 0.29) is 0 Å². The summed E-state index contributed by atoms with van der Waals surface area (Å²) in [6, 6.07) is 13.8. The highest BCUT2D eigenvalue weighted by molar-refractivity contribution is 5.78. The Bertz CT molecular complexity index is 1210. The number of aryl methyl sites for hydroxylation is 2. The number of imidazole rings is 1. The molecule has 0 aliphatic carbocycles. The Kier molecular flexibility index (Phi) is 3.08. The van der Waals surface area contributed by atoms with Crippen molar-refractivity contribution in [3.63, 3.8) is 0 Å². The normalized spacial score (nSPS) is 11.5. The van der Waals surface area contributed by atoms with Gasteiger partial charge in [-0.1, -0.05) is 30.3 Å². The van der Waals surface area contributed by atoms with E-state index in [0.29, 0.717) is 17.2 Å². The third-order valence-electron chi connectivity index (χ3n) is 4.33. The fourth-order valence-corrected chi connectivity index (χ4v) is 2.95. The SMILES string of the molecule is Cc1ncc(C)n2nc(-c3ccc4[nH]c(-c5ccccc5)nc4n3)nc12. The van der Waals surface area contributed by atoms with E-state index in [9.17, 15) is 0 Å². The quantitative estimate of drug-likeness (QED) is 0.532. The molecular weight excluding hydrogens is 326 g/mol. The van der Waals surface area contributed by atoms with Crippen LogP contribution in [0.15, 0.2) is 48.7 Å². The van der Waals surface area contributed by atoms with Gasteiger partial charge in [0.15, 0.2) is 11.3 Å². The molecule has 26 heavy (non-hydrogen) atoms. The maximum atomic E-state index is 4.65. The fourth-order valence-electron chi connectivity index (χ4n) is 2.95. The highest BCUT2D eigenvalue weighted by atomic mass is 15.3. The Morgan fingerprint density at radius 1 is 0.923 bits per heavy atom. The molecule has 0 saturated carbocycles. The maximum absolute atomic E-state index is 4.65. The number of nitrogens with one attached hydrogen (secondary N) is 1. The average molecular weight is 341 g/mol. The number of fused-ring (bicyclic) bond motifs is 2. The molecule has 4 aromatic heterocycles. The summed E-state index contributed by atoms with van der Waals surface area (Å²) in [5.41, 5.74) is 5.74. The van der Waals surface area contributed by atoms with Gasteiger partial charge < -0.3 is 4.98 Å². The number of H-pyrrole nitrogens is 1. The lowest BCUT2D eigenvalue weighted by molar-refractivity contribution is 0.889. The third kappa shape index (κ3) is 2.25. The average Bonchev–Trinajstić information content (AvgIpc) is 3.30. The van der Waals surface area contributed by atoms with Crippen LogP contribution in [0.2, 0.25) is 0 Å². The first-order valence-corrected chi connectivity index (χ1v) is 8.30. The van der Waals surface area contributed by atoms with Gasteiger partial charge in [0.2, 0.25) is 5.82 Å². The number of pyridine rings is 1. The second kappa shape index (κ2) is 5.45. The van der Waals surface area contributed by atoms with Crippen LogP contribution in [-0.2, 0) is 0 Å². The lowest BCUT2D eigenvalue weighted by atomic mass is 10.2. The topological polar surface area (TPSA) is 84.7 Å². The summed E-state index contributed by atoms with van der Waals surface area (Å²) in [7, 11) is 0. The molecule has 0 saturated heterocycles. The first kappa shape index (κ1) is 14.7. The molecule has 0 fully saturated rings.